The molecule has 3 unspecified atom stereocenters. The van der Waals surface area contributed by atoms with Crippen molar-refractivity contribution in [1.29, 1.82) is 0 Å². The number of fused-ring (bicyclic) bond motifs is 1. The number of piperidine rings is 1. The molecule has 1 aromatic rings. The van der Waals surface area contributed by atoms with E-state index in [-0.39, 0.29) is 35.0 Å². The van der Waals surface area contributed by atoms with Gasteiger partial charge in [-0.1, -0.05) is 44.2 Å². The van der Waals surface area contributed by atoms with Gasteiger partial charge in [0.15, 0.2) is 5.78 Å². The summed E-state index contributed by atoms with van der Waals surface area (Å²) in [6.07, 6.45) is 0.599. The molecule has 1 aromatic carbocycles. The van der Waals surface area contributed by atoms with Crippen LogP contribution in [-0.4, -0.2) is 40.6 Å². The number of benzene rings is 1. The Morgan fingerprint density at radius 3 is 2.35 bits per heavy atom. The predicted molar refractivity (Wildman–Crippen MR) is 99.5 cm³/mol. The van der Waals surface area contributed by atoms with Crippen molar-refractivity contribution in [1.82, 2.24) is 10.2 Å². The Kier molecular flexibility index (Phi) is 4.45. The number of likely N-dealkylation sites (tertiary alicyclic amines) is 1. The second kappa shape index (κ2) is 6.22. The number of hydrogen-bond donors (Lipinski definition) is 1. The van der Waals surface area contributed by atoms with E-state index in [1.807, 2.05) is 52.8 Å². The Labute approximate surface area is 155 Å². The van der Waals surface area contributed by atoms with E-state index in [2.05, 4.69) is 5.32 Å². The summed E-state index contributed by atoms with van der Waals surface area (Å²) in [5.74, 6) is -0.438. The third-order valence-electron chi connectivity index (χ3n) is 5.34. The van der Waals surface area contributed by atoms with Crippen LogP contribution < -0.4 is 5.32 Å². The van der Waals surface area contributed by atoms with Gasteiger partial charge in [0.05, 0.1) is 0 Å². The Balaban J connectivity index is 1.84. The van der Waals surface area contributed by atoms with E-state index in [0.29, 0.717) is 18.5 Å². The molecule has 0 bridgehead atoms. The highest BCUT2D eigenvalue weighted by atomic mass is 16.2. The Morgan fingerprint density at radius 2 is 1.81 bits per heavy atom. The van der Waals surface area contributed by atoms with Crippen LogP contribution in [0.1, 0.15) is 51.4 Å². The monoisotopic (exact) mass is 356 g/mol. The lowest BCUT2D eigenvalue weighted by molar-refractivity contribution is -0.142. The largest absolute Gasteiger partial charge is 0.350 e. The molecule has 0 radical (unpaired) electrons. The molecule has 1 saturated carbocycles. The van der Waals surface area contributed by atoms with Crippen LogP contribution in [-0.2, 0) is 9.59 Å². The molecular formula is C21H28N2O3. The molecule has 3 rings (SSSR count). The topological polar surface area (TPSA) is 66.5 Å². The van der Waals surface area contributed by atoms with Crippen molar-refractivity contribution in [2.75, 3.05) is 6.54 Å². The zero-order valence-corrected chi connectivity index (χ0v) is 16.2. The first-order valence-electron chi connectivity index (χ1n) is 9.31. The standard InChI is InChI=1S/C21H28N2O3/c1-13(2)16(18(25)22-20(3,4)5)23-12-15-11-21(15,19(23)26)17(24)14-9-7-6-8-10-14/h6-10,13,15-16H,11-12H2,1-5H3,(H,22,25). The minimum absolute atomic E-state index is 0.0198. The normalized spacial score (nSPS) is 25.8. The molecule has 0 spiro atoms. The Morgan fingerprint density at radius 1 is 1.19 bits per heavy atom. The van der Waals surface area contributed by atoms with Crippen molar-refractivity contribution in [3.8, 4) is 0 Å². The highest BCUT2D eigenvalue weighted by Crippen LogP contribution is 2.60. The number of carbonyl (C=O) groups is 3. The number of ketones is 1. The third kappa shape index (κ3) is 3.04. The molecule has 2 fully saturated rings. The lowest BCUT2D eigenvalue weighted by Gasteiger charge is -2.34. The molecule has 2 amide bonds. The van der Waals surface area contributed by atoms with Crippen LogP contribution in [0.25, 0.3) is 0 Å². The zero-order valence-electron chi connectivity index (χ0n) is 16.2. The maximum atomic E-state index is 13.2. The van der Waals surface area contributed by atoms with Gasteiger partial charge >= 0.3 is 0 Å². The Hall–Kier alpha value is -2.17. The summed E-state index contributed by atoms with van der Waals surface area (Å²) >= 11 is 0. The van der Waals surface area contributed by atoms with Crippen molar-refractivity contribution in [3.63, 3.8) is 0 Å². The van der Waals surface area contributed by atoms with Crippen molar-refractivity contribution in [2.45, 2.75) is 52.6 Å². The maximum Gasteiger partial charge on any atom is 0.243 e. The number of nitrogens with one attached hydrogen (secondary N) is 1. The summed E-state index contributed by atoms with van der Waals surface area (Å²) in [7, 11) is 0. The van der Waals surface area contributed by atoms with E-state index in [0.717, 1.165) is 0 Å². The quantitative estimate of drug-likeness (QED) is 0.651. The van der Waals surface area contributed by atoms with Gasteiger partial charge in [-0.05, 0) is 39.0 Å². The number of carbonyl (C=O) groups excluding carboxylic acids is 3. The van der Waals surface area contributed by atoms with Gasteiger partial charge in [-0.2, -0.15) is 0 Å². The van der Waals surface area contributed by atoms with Gasteiger partial charge in [0, 0.05) is 17.6 Å². The van der Waals surface area contributed by atoms with E-state index >= 15 is 0 Å². The molecule has 1 N–H and O–H groups in total. The molecule has 2 aliphatic rings. The predicted octanol–water partition coefficient (Wildman–Crippen LogP) is 2.66. The molecule has 1 heterocycles. The second-order valence-electron chi connectivity index (χ2n) is 8.95. The van der Waals surface area contributed by atoms with E-state index in [1.54, 1.807) is 17.0 Å². The summed E-state index contributed by atoms with van der Waals surface area (Å²) in [5, 5.41) is 2.98. The average Bonchev–Trinajstić information content (AvgIpc) is 3.20. The fraction of sp³-hybridized carbons (Fsp3) is 0.571. The van der Waals surface area contributed by atoms with Gasteiger partial charge < -0.3 is 10.2 Å². The number of Topliss-reactive ketones (excluding diaryl/α,β-unsaturated/α-hetero) is 1. The van der Waals surface area contributed by atoms with Gasteiger partial charge in [0.25, 0.3) is 0 Å². The summed E-state index contributed by atoms with van der Waals surface area (Å²) < 4.78 is 0. The smallest absolute Gasteiger partial charge is 0.243 e. The van der Waals surface area contributed by atoms with Gasteiger partial charge in [-0.3, -0.25) is 14.4 Å². The zero-order chi connectivity index (χ0) is 19.3. The van der Waals surface area contributed by atoms with Crippen LogP contribution in [0.15, 0.2) is 30.3 Å². The number of hydrogen-bond acceptors (Lipinski definition) is 3. The highest BCUT2D eigenvalue weighted by Gasteiger charge is 2.72. The molecule has 26 heavy (non-hydrogen) atoms. The van der Waals surface area contributed by atoms with Crippen LogP contribution >= 0.6 is 0 Å². The minimum Gasteiger partial charge on any atom is -0.350 e. The first kappa shape index (κ1) is 18.6. The van der Waals surface area contributed by atoms with Crippen LogP contribution in [0.3, 0.4) is 0 Å². The van der Waals surface area contributed by atoms with E-state index in [1.165, 1.54) is 0 Å². The first-order valence-corrected chi connectivity index (χ1v) is 9.31. The van der Waals surface area contributed by atoms with Crippen molar-refractivity contribution in [3.05, 3.63) is 35.9 Å². The van der Waals surface area contributed by atoms with Gasteiger partial charge in [-0.15, -0.1) is 0 Å². The van der Waals surface area contributed by atoms with E-state index in [4.69, 9.17) is 0 Å². The van der Waals surface area contributed by atoms with Crippen LogP contribution in [0, 0.1) is 17.3 Å². The molecule has 1 aliphatic heterocycles. The second-order valence-corrected chi connectivity index (χ2v) is 8.95. The van der Waals surface area contributed by atoms with Crippen molar-refractivity contribution < 1.29 is 14.4 Å². The highest BCUT2D eigenvalue weighted by molar-refractivity contribution is 6.18. The minimum atomic E-state index is -0.948. The molecule has 0 aromatic heterocycles. The molecule has 140 valence electrons. The summed E-state index contributed by atoms with van der Waals surface area (Å²) in [6.45, 7) is 10.1. The lowest BCUT2D eigenvalue weighted by Crippen LogP contribution is -2.56. The van der Waals surface area contributed by atoms with Crippen molar-refractivity contribution in [2.24, 2.45) is 17.3 Å². The molecule has 5 heteroatoms. The van der Waals surface area contributed by atoms with Crippen LogP contribution in [0.5, 0.6) is 0 Å². The number of amides is 2. The van der Waals surface area contributed by atoms with Crippen LogP contribution in [0.4, 0.5) is 0 Å². The van der Waals surface area contributed by atoms with Crippen LogP contribution in [0.2, 0.25) is 0 Å². The Bertz CT molecular complexity index is 735. The molecule has 1 saturated heterocycles. The maximum absolute atomic E-state index is 13.2. The summed E-state index contributed by atoms with van der Waals surface area (Å²) in [5.41, 5.74) is -0.741. The fourth-order valence-corrected chi connectivity index (χ4v) is 4.10. The van der Waals surface area contributed by atoms with E-state index < -0.39 is 11.5 Å². The molecule has 3 atom stereocenters. The lowest BCUT2D eigenvalue weighted by atomic mass is 9.92. The average molecular weight is 356 g/mol. The summed E-state index contributed by atoms with van der Waals surface area (Å²) in [6, 6.07) is 8.45. The van der Waals surface area contributed by atoms with Gasteiger partial charge in [0.2, 0.25) is 11.8 Å². The SMILES string of the molecule is CC(C)C(C(=O)NC(C)(C)C)N1CC2CC2(C(=O)c2ccccc2)C1=O. The molecular weight excluding hydrogens is 328 g/mol. The van der Waals surface area contributed by atoms with E-state index in [9.17, 15) is 14.4 Å². The number of nitrogens with zero attached hydrogens (tertiary/aromatic N) is 1. The van der Waals surface area contributed by atoms with Gasteiger partial charge in [-0.25, -0.2) is 0 Å². The molecule has 5 nitrogen and oxygen atoms in total. The number of rotatable bonds is 5. The van der Waals surface area contributed by atoms with Gasteiger partial charge in [0.1, 0.15) is 11.5 Å². The van der Waals surface area contributed by atoms with Crippen molar-refractivity contribution >= 4 is 17.6 Å². The third-order valence-corrected chi connectivity index (χ3v) is 5.34. The summed E-state index contributed by atoms with van der Waals surface area (Å²) in [4.78, 5) is 40.7. The molecule has 1 aliphatic carbocycles. The fourth-order valence-electron chi connectivity index (χ4n) is 4.10. The first-order chi connectivity index (χ1) is 12.1.